The predicted molar refractivity (Wildman–Crippen MR) is 94.2 cm³/mol. The summed E-state index contributed by atoms with van der Waals surface area (Å²) in [5, 5.41) is 6.52. The summed E-state index contributed by atoms with van der Waals surface area (Å²) in [4.78, 5) is 26.6. The van der Waals surface area contributed by atoms with Crippen LogP contribution in [-0.2, 0) is 4.79 Å². The molecule has 2 atom stereocenters. The Morgan fingerprint density at radius 1 is 1.12 bits per heavy atom. The van der Waals surface area contributed by atoms with Gasteiger partial charge in [-0.1, -0.05) is 18.0 Å². The average molecular weight is 350 g/mol. The van der Waals surface area contributed by atoms with Crippen LogP contribution in [0.1, 0.15) is 42.5 Å². The molecule has 6 heteroatoms. The number of benzene rings is 1. The maximum absolute atomic E-state index is 12.1. The molecule has 130 valence electrons. The SMILES string of the molecule is O=C(CCNC(=O)c1ccc(Cl)cc1)N[C@@H]1CCN2CCCC[C@@H]12. The Morgan fingerprint density at radius 3 is 2.71 bits per heavy atom. The molecule has 3 rings (SSSR count). The summed E-state index contributed by atoms with van der Waals surface area (Å²) in [5.41, 5.74) is 0.549. The molecule has 0 spiro atoms. The molecular weight excluding hydrogens is 326 g/mol. The number of hydrogen-bond acceptors (Lipinski definition) is 3. The van der Waals surface area contributed by atoms with E-state index in [0.29, 0.717) is 29.6 Å². The molecular formula is C18H24ClN3O2. The van der Waals surface area contributed by atoms with Crippen molar-refractivity contribution in [2.24, 2.45) is 0 Å². The van der Waals surface area contributed by atoms with Gasteiger partial charge in [-0.3, -0.25) is 14.5 Å². The Hall–Kier alpha value is -1.59. The van der Waals surface area contributed by atoms with Crippen molar-refractivity contribution < 1.29 is 9.59 Å². The smallest absolute Gasteiger partial charge is 0.251 e. The van der Waals surface area contributed by atoms with Crippen LogP contribution in [-0.4, -0.2) is 48.4 Å². The number of carbonyl (C=O) groups excluding carboxylic acids is 2. The third-order valence-electron chi connectivity index (χ3n) is 4.95. The summed E-state index contributed by atoms with van der Waals surface area (Å²) in [6.07, 6.45) is 5.05. The maximum Gasteiger partial charge on any atom is 0.251 e. The summed E-state index contributed by atoms with van der Waals surface area (Å²) in [5.74, 6) is -0.164. The van der Waals surface area contributed by atoms with E-state index in [0.717, 1.165) is 19.5 Å². The van der Waals surface area contributed by atoms with Crippen molar-refractivity contribution in [2.75, 3.05) is 19.6 Å². The van der Waals surface area contributed by atoms with Crippen LogP contribution in [0.25, 0.3) is 0 Å². The lowest BCUT2D eigenvalue weighted by molar-refractivity contribution is -0.121. The van der Waals surface area contributed by atoms with Gasteiger partial charge in [0.15, 0.2) is 0 Å². The quantitative estimate of drug-likeness (QED) is 0.856. The van der Waals surface area contributed by atoms with Gasteiger partial charge in [-0.2, -0.15) is 0 Å². The Bertz CT molecular complexity index is 590. The Morgan fingerprint density at radius 2 is 1.92 bits per heavy atom. The first-order chi connectivity index (χ1) is 11.6. The fourth-order valence-electron chi connectivity index (χ4n) is 3.69. The molecule has 24 heavy (non-hydrogen) atoms. The molecule has 5 nitrogen and oxygen atoms in total. The second-order valence-corrected chi connectivity index (χ2v) is 7.01. The molecule has 1 aromatic rings. The minimum atomic E-state index is -0.182. The van der Waals surface area contributed by atoms with Gasteiger partial charge in [0.25, 0.3) is 5.91 Å². The fraction of sp³-hybridized carbons (Fsp3) is 0.556. The van der Waals surface area contributed by atoms with E-state index in [2.05, 4.69) is 15.5 Å². The van der Waals surface area contributed by atoms with Crippen molar-refractivity contribution in [3.05, 3.63) is 34.9 Å². The van der Waals surface area contributed by atoms with Crippen molar-refractivity contribution in [2.45, 2.75) is 44.2 Å². The minimum Gasteiger partial charge on any atom is -0.352 e. The Kier molecular flexibility index (Phi) is 5.74. The predicted octanol–water partition coefficient (Wildman–Crippen LogP) is 2.20. The Balaban J connectivity index is 1.39. The zero-order valence-corrected chi connectivity index (χ0v) is 14.5. The fourth-order valence-corrected chi connectivity index (χ4v) is 3.81. The molecule has 2 fully saturated rings. The van der Waals surface area contributed by atoms with E-state index in [1.54, 1.807) is 24.3 Å². The number of hydrogen-bond donors (Lipinski definition) is 2. The topological polar surface area (TPSA) is 61.4 Å². The van der Waals surface area contributed by atoms with E-state index in [9.17, 15) is 9.59 Å². The van der Waals surface area contributed by atoms with Gasteiger partial charge in [-0.05, 0) is 50.1 Å². The number of amides is 2. The van der Waals surface area contributed by atoms with Crippen LogP contribution in [0.15, 0.2) is 24.3 Å². The minimum absolute atomic E-state index is 0.0174. The summed E-state index contributed by atoms with van der Waals surface area (Å²) in [7, 11) is 0. The Labute approximate surface area is 147 Å². The van der Waals surface area contributed by atoms with E-state index in [4.69, 9.17) is 11.6 Å². The molecule has 2 heterocycles. The summed E-state index contributed by atoms with van der Waals surface area (Å²) in [6, 6.07) is 7.48. The molecule has 0 aliphatic carbocycles. The standard InChI is InChI=1S/C18H24ClN3O2/c19-14-6-4-13(5-7-14)18(24)20-10-8-17(23)21-15-9-12-22-11-2-1-3-16(15)22/h4-7,15-16H,1-3,8-12H2,(H,20,24)(H,21,23)/t15-,16+/m1/s1. The maximum atomic E-state index is 12.1. The highest BCUT2D eigenvalue weighted by Crippen LogP contribution is 2.27. The van der Waals surface area contributed by atoms with Gasteiger partial charge in [0.2, 0.25) is 5.91 Å². The largest absolute Gasteiger partial charge is 0.352 e. The van der Waals surface area contributed by atoms with Crippen LogP contribution >= 0.6 is 11.6 Å². The number of piperidine rings is 1. The van der Waals surface area contributed by atoms with Crippen molar-refractivity contribution in [3.63, 3.8) is 0 Å². The lowest BCUT2D eigenvalue weighted by Crippen LogP contribution is -2.47. The van der Waals surface area contributed by atoms with Crippen LogP contribution in [0.4, 0.5) is 0 Å². The van der Waals surface area contributed by atoms with Gasteiger partial charge in [0.1, 0.15) is 0 Å². The molecule has 2 aliphatic rings. The number of fused-ring (bicyclic) bond motifs is 1. The number of carbonyl (C=O) groups is 2. The van der Waals surface area contributed by atoms with Crippen LogP contribution in [0.5, 0.6) is 0 Å². The summed E-state index contributed by atoms with van der Waals surface area (Å²) >= 11 is 5.80. The molecule has 1 aromatic carbocycles. The second-order valence-electron chi connectivity index (χ2n) is 6.57. The normalized spacial score (nSPS) is 23.5. The monoisotopic (exact) mass is 349 g/mol. The average Bonchev–Trinajstić information content (AvgIpc) is 2.98. The van der Waals surface area contributed by atoms with E-state index in [1.807, 2.05) is 0 Å². The highest BCUT2D eigenvalue weighted by molar-refractivity contribution is 6.30. The van der Waals surface area contributed by atoms with Crippen LogP contribution in [0, 0.1) is 0 Å². The molecule has 0 radical (unpaired) electrons. The third-order valence-corrected chi connectivity index (χ3v) is 5.20. The summed E-state index contributed by atoms with van der Waals surface area (Å²) in [6.45, 7) is 2.59. The first-order valence-electron chi connectivity index (χ1n) is 8.70. The van der Waals surface area contributed by atoms with Crippen LogP contribution in [0.3, 0.4) is 0 Å². The van der Waals surface area contributed by atoms with E-state index in [1.165, 1.54) is 19.3 Å². The first kappa shape index (κ1) is 17.2. The summed E-state index contributed by atoms with van der Waals surface area (Å²) < 4.78 is 0. The van der Waals surface area contributed by atoms with Crippen molar-refractivity contribution in [1.82, 2.24) is 15.5 Å². The van der Waals surface area contributed by atoms with Gasteiger partial charge in [0, 0.05) is 42.2 Å². The van der Waals surface area contributed by atoms with Gasteiger partial charge in [-0.15, -0.1) is 0 Å². The number of rotatable bonds is 5. The molecule has 2 N–H and O–H groups in total. The van der Waals surface area contributed by atoms with E-state index >= 15 is 0 Å². The van der Waals surface area contributed by atoms with Crippen molar-refractivity contribution in [3.8, 4) is 0 Å². The molecule has 0 unspecified atom stereocenters. The van der Waals surface area contributed by atoms with Crippen LogP contribution in [0.2, 0.25) is 5.02 Å². The molecule has 2 saturated heterocycles. The molecule has 2 aliphatic heterocycles. The van der Waals surface area contributed by atoms with E-state index in [-0.39, 0.29) is 17.9 Å². The molecule has 0 aromatic heterocycles. The van der Waals surface area contributed by atoms with Crippen molar-refractivity contribution >= 4 is 23.4 Å². The molecule has 0 bridgehead atoms. The van der Waals surface area contributed by atoms with Crippen molar-refractivity contribution in [1.29, 1.82) is 0 Å². The highest BCUT2D eigenvalue weighted by atomic mass is 35.5. The van der Waals surface area contributed by atoms with E-state index < -0.39 is 0 Å². The highest BCUT2D eigenvalue weighted by Gasteiger charge is 2.35. The lowest BCUT2D eigenvalue weighted by Gasteiger charge is -2.32. The molecule has 0 saturated carbocycles. The zero-order valence-electron chi connectivity index (χ0n) is 13.8. The molecule has 2 amide bonds. The number of nitrogens with one attached hydrogen (secondary N) is 2. The van der Waals surface area contributed by atoms with Gasteiger partial charge in [0.05, 0.1) is 0 Å². The lowest BCUT2D eigenvalue weighted by atomic mass is 9.99. The van der Waals surface area contributed by atoms with Gasteiger partial charge in [-0.25, -0.2) is 0 Å². The zero-order chi connectivity index (χ0) is 16.9. The van der Waals surface area contributed by atoms with Gasteiger partial charge >= 0.3 is 0 Å². The van der Waals surface area contributed by atoms with Gasteiger partial charge < -0.3 is 10.6 Å². The number of nitrogens with zero attached hydrogens (tertiary/aromatic N) is 1. The third kappa shape index (κ3) is 4.28. The number of halogens is 1. The van der Waals surface area contributed by atoms with Crippen LogP contribution < -0.4 is 10.6 Å². The first-order valence-corrected chi connectivity index (χ1v) is 9.08. The second kappa shape index (κ2) is 7.99.